The van der Waals surface area contributed by atoms with Crippen LogP contribution in [0, 0.1) is 0 Å². The van der Waals surface area contributed by atoms with Crippen molar-refractivity contribution in [1.82, 2.24) is 20.1 Å². The highest BCUT2D eigenvalue weighted by Crippen LogP contribution is 2.33. The molecule has 0 atom stereocenters. The molecule has 2 heterocycles. The summed E-state index contributed by atoms with van der Waals surface area (Å²) in [6.07, 6.45) is 7.86. The Morgan fingerprint density at radius 2 is 1.86 bits per heavy atom. The molecule has 0 radical (unpaired) electrons. The molecule has 0 saturated heterocycles. The third-order valence-electron chi connectivity index (χ3n) is 5.33. The summed E-state index contributed by atoms with van der Waals surface area (Å²) in [6.45, 7) is 0.452. The number of rotatable bonds is 7. The van der Waals surface area contributed by atoms with Crippen LogP contribution in [-0.2, 0) is 17.8 Å². The highest BCUT2D eigenvalue weighted by molar-refractivity contribution is 5.76. The molecule has 1 aliphatic carbocycles. The molecule has 3 aromatic rings. The summed E-state index contributed by atoms with van der Waals surface area (Å²) in [7, 11) is 0. The van der Waals surface area contributed by atoms with Crippen LogP contribution >= 0.6 is 0 Å². The number of hydrogen-bond donors (Lipinski definition) is 1. The quantitative estimate of drug-likeness (QED) is 0.670. The second kappa shape index (κ2) is 8.83. The number of carbonyl (C=O) groups excluding carboxylic acids is 1. The molecule has 0 unspecified atom stereocenters. The number of nitrogens with one attached hydrogen (secondary N) is 1. The van der Waals surface area contributed by atoms with Gasteiger partial charge in [-0.25, -0.2) is 0 Å². The zero-order valence-corrected chi connectivity index (χ0v) is 16.1. The van der Waals surface area contributed by atoms with Gasteiger partial charge in [0.15, 0.2) is 0 Å². The van der Waals surface area contributed by atoms with E-state index in [4.69, 9.17) is 5.10 Å². The van der Waals surface area contributed by atoms with Gasteiger partial charge < -0.3 is 5.32 Å². The van der Waals surface area contributed by atoms with E-state index in [2.05, 4.69) is 33.2 Å². The molecule has 1 saturated carbocycles. The van der Waals surface area contributed by atoms with Gasteiger partial charge in [0.05, 0.1) is 29.7 Å². The van der Waals surface area contributed by atoms with Gasteiger partial charge in [0.25, 0.3) is 0 Å². The predicted octanol–water partition coefficient (Wildman–Crippen LogP) is 4.31. The molecule has 144 valence electrons. The summed E-state index contributed by atoms with van der Waals surface area (Å²) in [6, 6.07) is 18.5. The molecular formula is C23H26N4O. The van der Waals surface area contributed by atoms with E-state index in [-0.39, 0.29) is 5.91 Å². The maximum absolute atomic E-state index is 12.2. The summed E-state index contributed by atoms with van der Waals surface area (Å²) >= 11 is 0. The second-order valence-corrected chi connectivity index (χ2v) is 7.38. The van der Waals surface area contributed by atoms with Gasteiger partial charge in [-0.15, -0.1) is 0 Å². The van der Waals surface area contributed by atoms with E-state index in [0.29, 0.717) is 19.0 Å². The average molecular weight is 374 g/mol. The maximum atomic E-state index is 12.2. The lowest BCUT2D eigenvalue weighted by Gasteiger charge is -2.13. The molecule has 28 heavy (non-hydrogen) atoms. The van der Waals surface area contributed by atoms with Crippen LogP contribution in [0.5, 0.6) is 0 Å². The Kier molecular flexibility index (Phi) is 5.80. The van der Waals surface area contributed by atoms with Gasteiger partial charge in [0.1, 0.15) is 0 Å². The zero-order chi connectivity index (χ0) is 19.2. The Bertz CT molecular complexity index is 899. The lowest BCUT2D eigenvalue weighted by atomic mass is 10.1. The van der Waals surface area contributed by atoms with Crippen molar-refractivity contribution >= 4 is 5.91 Å². The van der Waals surface area contributed by atoms with Gasteiger partial charge in [0.2, 0.25) is 5.91 Å². The van der Waals surface area contributed by atoms with Crippen LogP contribution in [0.3, 0.4) is 0 Å². The first kappa shape index (κ1) is 18.4. The van der Waals surface area contributed by atoms with Crippen LogP contribution in [0.1, 0.15) is 49.4 Å². The molecule has 1 aromatic carbocycles. The number of hydrogen-bond acceptors (Lipinski definition) is 3. The van der Waals surface area contributed by atoms with Crippen molar-refractivity contribution in [3.8, 4) is 11.4 Å². The minimum atomic E-state index is 0.0543. The SMILES string of the molecule is O=C(CCc1ccccc1)NCc1cc(-c2ccccn2)n(C2CCCC2)n1. The number of nitrogens with zero attached hydrogens (tertiary/aromatic N) is 3. The van der Waals surface area contributed by atoms with Crippen molar-refractivity contribution in [2.75, 3.05) is 0 Å². The molecule has 5 heteroatoms. The largest absolute Gasteiger partial charge is 0.350 e. The molecule has 1 N–H and O–H groups in total. The van der Waals surface area contributed by atoms with Crippen LogP contribution in [0.4, 0.5) is 0 Å². The summed E-state index contributed by atoms with van der Waals surface area (Å²) in [5.74, 6) is 0.0543. The molecule has 2 aromatic heterocycles. The van der Waals surface area contributed by atoms with E-state index < -0.39 is 0 Å². The molecule has 0 spiro atoms. The van der Waals surface area contributed by atoms with Crippen molar-refractivity contribution in [2.24, 2.45) is 0 Å². The van der Waals surface area contributed by atoms with E-state index in [1.807, 2.05) is 42.6 Å². The monoisotopic (exact) mass is 374 g/mol. The summed E-state index contributed by atoms with van der Waals surface area (Å²) in [4.78, 5) is 16.8. The van der Waals surface area contributed by atoms with Gasteiger partial charge in [-0.2, -0.15) is 5.10 Å². The van der Waals surface area contributed by atoms with Gasteiger partial charge in [-0.05, 0) is 43.0 Å². The van der Waals surface area contributed by atoms with Gasteiger partial charge in [0, 0.05) is 12.6 Å². The third kappa shape index (κ3) is 4.47. The van der Waals surface area contributed by atoms with Crippen LogP contribution in [0.15, 0.2) is 60.8 Å². The Morgan fingerprint density at radius 3 is 2.61 bits per heavy atom. The van der Waals surface area contributed by atoms with Crippen LogP contribution in [0.25, 0.3) is 11.4 Å². The average Bonchev–Trinajstić information content (AvgIpc) is 3.42. The minimum absolute atomic E-state index is 0.0543. The molecule has 1 amide bonds. The van der Waals surface area contributed by atoms with Crippen molar-refractivity contribution in [3.05, 3.63) is 72.1 Å². The van der Waals surface area contributed by atoms with Crippen LogP contribution < -0.4 is 5.32 Å². The molecule has 5 nitrogen and oxygen atoms in total. The van der Waals surface area contributed by atoms with Gasteiger partial charge >= 0.3 is 0 Å². The first-order chi connectivity index (χ1) is 13.8. The zero-order valence-electron chi connectivity index (χ0n) is 16.1. The maximum Gasteiger partial charge on any atom is 0.220 e. The van der Waals surface area contributed by atoms with E-state index in [1.54, 1.807) is 0 Å². The van der Waals surface area contributed by atoms with Crippen molar-refractivity contribution in [2.45, 2.75) is 51.1 Å². The van der Waals surface area contributed by atoms with Gasteiger partial charge in [-0.3, -0.25) is 14.5 Å². The van der Waals surface area contributed by atoms with E-state index >= 15 is 0 Å². The Balaban J connectivity index is 1.42. The fourth-order valence-electron chi connectivity index (χ4n) is 3.84. The lowest BCUT2D eigenvalue weighted by molar-refractivity contribution is -0.121. The predicted molar refractivity (Wildman–Crippen MR) is 110 cm³/mol. The molecular weight excluding hydrogens is 348 g/mol. The Labute approximate surface area is 165 Å². The number of pyridine rings is 1. The van der Waals surface area contributed by atoms with Crippen molar-refractivity contribution in [1.29, 1.82) is 0 Å². The highest BCUT2D eigenvalue weighted by atomic mass is 16.1. The summed E-state index contributed by atoms with van der Waals surface area (Å²) < 4.78 is 2.13. The smallest absolute Gasteiger partial charge is 0.220 e. The fraction of sp³-hybridized carbons (Fsp3) is 0.348. The second-order valence-electron chi connectivity index (χ2n) is 7.38. The van der Waals surface area contributed by atoms with Crippen molar-refractivity contribution in [3.63, 3.8) is 0 Å². The normalized spacial score (nSPS) is 14.3. The number of aromatic nitrogens is 3. The van der Waals surface area contributed by atoms with E-state index in [0.717, 1.165) is 36.3 Å². The standard InChI is InChI=1S/C23H26N4O/c28-23(14-13-18-8-2-1-3-9-18)25-17-19-16-22(21-12-6-7-15-24-21)27(26-19)20-10-4-5-11-20/h1-3,6-9,12,15-16,20H,4-5,10-11,13-14,17H2,(H,25,28). The molecule has 1 aliphatic rings. The van der Waals surface area contributed by atoms with Crippen LogP contribution in [-0.4, -0.2) is 20.7 Å². The van der Waals surface area contributed by atoms with Crippen molar-refractivity contribution < 1.29 is 4.79 Å². The molecule has 1 fully saturated rings. The summed E-state index contributed by atoms with van der Waals surface area (Å²) in [5, 5.41) is 7.84. The lowest BCUT2D eigenvalue weighted by Crippen LogP contribution is -2.23. The Hall–Kier alpha value is -2.95. The fourth-order valence-corrected chi connectivity index (χ4v) is 3.84. The Morgan fingerprint density at radius 1 is 1.07 bits per heavy atom. The summed E-state index contributed by atoms with van der Waals surface area (Å²) in [5.41, 5.74) is 4.05. The number of aryl methyl sites for hydroxylation is 1. The molecule has 0 bridgehead atoms. The first-order valence-corrected chi connectivity index (χ1v) is 10.1. The number of amides is 1. The minimum Gasteiger partial charge on any atom is -0.350 e. The van der Waals surface area contributed by atoms with Crippen LogP contribution in [0.2, 0.25) is 0 Å². The van der Waals surface area contributed by atoms with E-state index in [9.17, 15) is 4.79 Å². The highest BCUT2D eigenvalue weighted by Gasteiger charge is 2.22. The van der Waals surface area contributed by atoms with Gasteiger partial charge in [-0.1, -0.05) is 49.2 Å². The number of benzene rings is 1. The topological polar surface area (TPSA) is 59.8 Å². The molecule has 0 aliphatic heterocycles. The van der Waals surface area contributed by atoms with E-state index in [1.165, 1.54) is 18.4 Å². The first-order valence-electron chi connectivity index (χ1n) is 10.1. The molecule has 4 rings (SSSR count). The number of carbonyl (C=O) groups is 1. The third-order valence-corrected chi connectivity index (χ3v) is 5.33.